The van der Waals surface area contributed by atoms with Crippen molar-refractivity contribution < 1.29 is 46.1 Å². The minimum atomic E-state index is -5.24. The second kappa shape index (κ2) is 9.88. The molecule has 2 heterocycles. The zero-order chi connectivity index (χ0) is 28.9. The molecule has 0 radical (unpaired) electrons. The molecule has 0 fully saturated rings. The lowest BCUT2D eigenvalue weighted by Gasteiger charge is -2.29. The summed E-state index contributed by atoms with van der Waals surface area (Å²) in [6, 6.07) is 8.92. The number of hydrogen-bond donors (Lipinski definition) is 3. The van der Waals surface area contributed by atoms with Crippen LogP contribution in [0.15, 0.2) is 48.5 Å². The molecular weight excluding hydrogens is 541 g/mol. The number of rotatable bonds is 6. The lowest BCUT2D eigenvalue weighted by atomic mass is 9.89. The van der Waals surface area contributed by atoms with Crippen molar-refractivity contribution in [1.29, 1.82) is 0 Å². The van der Waals surface area contributed by atoms with Gasteiger partial charge in [-0.05, 0) is 12.1 Å². The Morgan fingerprint density at radius 1 is 1.02 bits per heavy atom. The summed E-state index contributed by atoms with van der Waals surface area (Å²) in [7, 11) is 0. The molecule has 2 aliphatic rings. The van der Waals surface area contributed by atoms with Crippen molar-refractivity contribution in [1.82, 2.24) is 0 Å². The highest BCUT2D eigenvalue weighted by Crippen LogP contribution is 2.47. The molecule has 2 aliphatic heterocycles. The Morgan fingerprint density at radius 3 is 2.45 bits per heavy atom. The standard InChI is InChI=1S/C27H22F5N3O5/c1-12(25(36)37)16-10-39-23-7-13(5-6-14(16)23)35(26(38)27(30,31)32)22-11-40-24-15(22)3-2-4-20(24)34-21-9-18(29)17(28)8-19(21)33/h2-9,12,16,22,34H,10-11,33H2,1H3,(H,36,37)/t12?,16-,22+/m0/s1. The first-order valence-electron chi connectivity index (χ1n) is 12.0. The van der Waals surface area contributed by atoms with Gasteiger partial charge in [0.25, 0.3) is 0 Å². The predicted octanol–water partition coefficient (Wildman–Crippen LogP) is 5.52. The molecule has 1 unspecified atom stereocenters. The first-order valence-corrected chi connectivity index (χ1v) is 12.0. The maximum Gasteiger partial charge on any atom is 0.471 e. The van der Waals surface area contributed by atoms with Crippen LogP contribution in [-0.4, -0.2) is 36.4 Å². The molecule has 0 aromatic heterocycles. The molecule has 8 nitrogen and oxygen atoms in total. The zero-order valence-corrected chi connectivity index (χ0v) is 20.8. The Hall–Kier alpha value is -4.55. The fraction of sp³-hybridized carbons (Fsp3) is 0.259. The van der Waals surface area contributed by atoms with E-state index >= 15 is 0 Å². The number of benzene rings is 3. The normalized spacial score (nSPS) is 18.2. The van der Waals surface area contributed by atoms with Gasteiger partial charge in [0.1, 0.15) is 18.1 Å². The van der Waals surface area contributed by atoms with Crippen LogP contribution >= 0.6 is 0 Å². The highest BCUT2D eigenvalue weighted by Gasteiger charge is 2.48. The number of carboxylic acids is 1. The van der Waals surface area contributed by atoms with Crippen LogP contribution in [0.1, 0.15) is 30.0 Å². The average Bonchev–Trinajstić information content (AvgIpc) is 3.51. The van der Waals surface area contributed by atoms with Gasteiger partial charge in [-0.2, -0.15) is 13.2 Å². The minimum absolute atomic E-state index is 0.00323. The van der Waals surface area contributed by atoms with Gasteiger partial charge in [-0.25, -0.2) is 8.78 Å². The van der Waals surface area contributed by atoms with Crippen LogP contribution < -0.4 is 25.4 Å². The molecule has 3 aromatic rings. The maximum absolute atomic E-state index is 13.8. The van der Waals surface area contributed by atoms with Gasteiger partial charge in [-0.3, -0.25) is 14.5 Å². The number of hydrogen-bond acceptors (Lipinski definition) is 6. The van der Waals surface area contributed by atoms with E-state index in [4.69, 9.17) is 15.2 Å². The topological polar surface area (TPSA) is 114 Å². The molecule has 40 heavy (non-hydrogen) atoms. The average molecular weight is 563 g/mol. The summed E-state index contributed by atoms with van der Waals surface area (Å²) in [5.74, 6) is -6.54. The number of carbonyl (C=O) groups excluding carboxylic acids is 1. The maximum atomic E-state index is 13.8. The van der Waals surface area contributed by atoms with Gasteiger partial charge in [0.05, 0.1) is 35.6 Å². The first kappa shape index (κ1) is 27.0. The number of carboxylic acid groups (broad SMARTS) is 1. The second-order valence-corrected chi connectivity index (χ2v) is 9.47. The molecule has 3 aromatic carbocycles. The third kappa shape index (κ3) is 4.71. The van der Waals surface area contributed by atoms with Crippen molar-refractivity contribution in [3.8, 4) is 11.5 Å². The number of nitrogens with one attached hydrogen (secondary N) is 1. The Morgan fingerprint density at radius 2 is 1.75 bits per heavy atom. The molecule has 0 spiro atoms. The van der Waals surface area contributed by atoms with Crippen molar-refractivity contribution in [3.05, 3.63) is 71.3 Å². The fourth-order valence-electron chi connectivity index (χ4n) is 4.89. The highest BCUT2D eigenvalue weighted by molar-refractivity contribution is 5.98. The van der Waals surface area contributed by atoms with Gasteiger partial charge < -0.3 is 25.6 Å². The number of fused-ring (bicyclic) bond motifs is 2. The van der Waals surface area contributed by atoms with Crippen molar-refractivity contribution >= 4 is 34.6 Å². The van der Waals surface area contributed by atoms with Crippen LogP contribution in [0.2, 0.25) is 0 Å². The van der Waals surface area contributed by atoms with Crippen molar-refractivity contribution in [3.63, 3.8) is 0 Å². The number of amides is 1. The van der Waals surface area contributed by atoms with E-state index in [1.165, 1.54) is 43.3 Å². The molecule has 0 saturated carbocycles. The van der Waals surface area contributed by atoms with E-state index in [-0.39, 0.29) is 53.0 Å². The smallest absolute Gasteiger partial charge is 0.471 e. The molecule has 0 aliphatic carbocycles. The molecule has 3 atom stereocenters. The molecule has 13 heteroatoms. The van der Waals surface area contributed by atoms with Crippen LogP contribution in [0.5, 0.6) is 11.5 Å². The highest BCUT2D eigenvalue weighted by atomic mass is 19.4. The number of alkyl halides is 3. The number of halogens is 5. The van der Waals surface area contributed by atoms with Crippen LogP contribution in [0, 0.1) is 17.6 Å². The van der Waals surface area contributed by atoms with Gasteiger partial charge >= 0.3 is 18.1 Å². The number of nitrogens with two attached hydrogens (primary N) is 1. The monoisotopic (exact) mass is 563 g/mol. The van der Waals surface area contributed by atoms with Gasteiger partial charge in [-0.15, -0.1) is 0 Å². The lowest BCUT2D eigenvalue weighted by molar-refractivity contribution is -0.171. The third-order valence-corrected chi connectivity index (χ3v) is 7.01. The summed E-state index contributed by atoms with van der Waals surface area (Å²) in [5, 5.41) is 12.2. The molecule has 0 saturated heterocycles. The number of anilines is 4. The molecule has 5 rings (SSSR count). The van der Waals surface area contributed by atoms with E-state index in [0.29, 0.717) is 10.5 Å². The van der Waals surface area contributed by atoms with Crippen molar-refractivity contribution in [2.45, 2.75) is 25.1 Å². The second-order valence-electron chi connectivity index (χ2n) is 9.47. The Labute approximate surface area is 224 Å². The van der Waals surface area contributed by atoms with E-state index in [9.17, 15) is 36.6 Å². The minimum Gasteiger partial charge on any atom is -0.493 e. The van der Waals surface area contributed by atoms with Gasteiger partial charge in [0, 0.05) is 40.9 Å². The number of carbonyl (C=O) groups is 2. The molecule has 0 bridgehead atoms. The summed E-state index contributed by atoms with van der Waals surface area (Å²) < 4.78 is 80.0. The summed E-state index contributed by atoms with van der Waals surface area (Å²) >= 11 is 0. The Balaban J connectivity index is 1.53. The predicted molar refractivity (Wildman–Crippen MR) is 134 cm³/mol. The van der Waals surface area contributed by atoms with E-state index in [1.807, 2.05) is 0 Å². The summed E-state index contributed by atoms with van der Waals surface area (Å²) in [6.45, 7) is 1.18. The van der Waals surface area contributed by atoms with Gasteiger partial charge in [0.2, 0.25) is 0 Å². The summed E-state index contributed by atoms with van der Waals surface area (Å²) in [6.07, 6.45) is -5.24. The Bertz CT molecular complexity index is 1510. The fourth-order valence-corrected chi connectivity index (χ4v) is 4.89. The number of ether oxygens (including phenoxy) is 2. The summed E-state index contributed by atoms with van der Waals surface area (Å²) in [5.41, 5.74) is 6.48. The number of nitrogen functional groups attached to an aromatic ring is 1. The van der Waals surface area contributed by atoms with Crippen LogP contribution in [0.3, 0.4) is 0 Å². The van der Waals surface area contributed by atoms with Crippen LogP contribution in [-0.2, 0) is 9.59 Å². The first-order chi connectivity index (χ1) is 18.9. The van der Waals surface area contributed by atoms with Crippen LogP contribution in [0.4, 0.5) is 44.7 Å². The largest absolute Gasteiger partial charge is 0.493 e. The van der Waals surface area contributed by atoms with Gasteiger partial charge in [-0.1, -0.05) is 25.1 Å². The number of nitrogens with zero attached hydrogens (tertiary/aromatic N) is 1. The van der Waals surface area contributed by atoms with Crippen molar-refractivity contribution in [2.75, 3.05) is 29.2 Å². The van der Waals surface area contributed by atoms with E-state index in [2.05, 4.69) is 5.32 Å². The van der Waals surface area contributed by atoms with Crippen LogP contribution in [0.25, 0.3) is 0 Å². The quantitative estimate of drug-likeness (QED) is 0.268. The Kier molecular flexibility index (Phi) is 6.68. The molecule has 4 N–H and O–H groups in total. The number of aliphatic carboxylic acids is 1. The van der Waals surface area contributed by atoms with E-state index < -0.39 is 47.6 Å². The number of para-hydroxylation sites is 1. The molecule has 210 valence electrons. The van der Waals surface area contributed by atoms with Crippen molar-refractivity contribution in [2.24, 2.45) is 5.92 Å². The van der Waals surface area contributed by atoms with Gasteiger partial charge in [0.15, 0.2) is 11.6 Å². The van der Waals surface area contributed by atoms with E-state index in [0.717, 1.165) is 12.1 Å². The third-order valence-electron chi connectivity index (χ3n) is 7.01. The zero-order valence-electron chi connectivity index (χ0n) is 20.8. The summed E-state index contributed by atoms with van der Waals surface area (Å²) in [4.78, 5) is 24.7. The SMILES string of the molecule is CC(C(=O)O)[C@@H]1COc2cc(N(C(=O)C(F)(F)F)[C@@H]3COc4c(Nc5cc(F)c(F)cc5N)cccc43)ccc21. The lowest BCUT2D eigenvalue weighted by Crippen LogP contribution is -2.44. The molecular formula is C27H22F5N3O5. The molecule has 1 amide bonds. The van der Waals surface area contributed by atoms with E-state index in [1.54, 1.807) is 0 Å².